The number of nitrogens with one attached hydrogen (secondary N) is 1. The number of benzene rings is 1. The summed E-state index contributed by atoms with van der Waals surface area (Å²) in [7, 11) is 0. The topological polar surface area (TPSA) is 58.3 Å². The summed E-state index contributed by atoms with van der Waals surface area (Å²) in [5.74, 6) is -0.404. The predicted molar refractivity (Wildman–Crippen MR) is 135 cm³/mol. The van der Waals surface area contributed by atoms with Crippen molar-refractivity contribution in [3.8, 4) is 11.5 Å². The molecule has 2 aromatic rings. The molecule has 0 amide bonds. The monoisotopic (exact) mass is 492 g/mol. The zero-order valence-corrected chi connectivity index (χ0v) is 21.2. The number of halogens is 3. The van der Waals surface area contributed by atoms with Gasteiger partial charge in [0.1, 0.15) is 5.76 Å². The lowest BCUT2D eigenvalue weighted by molar-refractivity contribution is -0.153. The average Bonchev–Trinajstić information content (AvgIpc) is 3.27. The number of nitrogens with zero attached hydrogens (tertiary/aromatic N) is 1. The molecule has 1 aromatic carbocycles. The van der Waals surface area contributed by atoms with E-state index in [1.165, 1.54) is 6.42 Å². The summed E-state index contributed by atoms with van der Waals surface area (Å²) in [6.07, 6.45) is 2.09. The third kappa shape index (κ3) is 8.79. The standard InChI is InChI=1S/C25H31F3N2O2.C3H8/c1-4-18-7-5-10-21(13-18)24-30-22(23(32-24)25(26,27)28)12-11-19-8-6-9-20(14-19)17(3)29-15-16(2)31;1-3-2/h5,7,10,13,19-20,29,31H,2-4,6,8-9,11-12,14-15H2,1H3;3H2,1-2H3. The van der Waals surface area contributed by atoms with Crippen molar-refractivity contribution in [2.24, 2.45) is 11.8 Å². The van der Waals surface area contributed by atoms with E-state index in [0.717, 1.165) is 43.4 Å². The van der Waals surface area contributed by atoms with Gasteiger partial charge in [-0.2, -0.15) is 13.2 Å². The maximum Gasteiger partial charge on any atom is 0.451 e. The molecule has 194 valence electrons. The largest absolute Gasteiger partial charge is 0.511 e. The van der Waals surface area contributed by atoms with Crippen molar-refractivity contribution >= 4 is 0 Å². The molecule has 35 heavy (non-hydrogen) atoms. The van der Waals surface area contributed by atoms with Gasteiger partial charge in [-0.3, -0.25) is 0 Å². The summed E-state index contributed by atoms with van der Waals surface area (Å²) in [5.41, 5.74) is 2.40. The van der Waals surface area contributed by atoms with Gasteiger partial charge in [-0.1, -0.05) is 65.3 Å². The number of aliphatic hydroxyl groups is 1. The van der Waals surface area contributed by atoms with Gasteiger partial charge in [-0.25, -0.2) is 4.98 Å². The molecule has 1 fully saturated rings. The molecule has 2 atom stereocenters. The number of aromatic nitrogens is 1. The minimum atomic E-state index is -4.58. The Morgan fingerprint density at radius 1 is 1.20 bits per heavy atom. The molecular weight excluding hydrogens is 453 g/mol. The average molecular weight is 493 g/mol. The van der Waals surface area contributed by atoms with Gasteiger partial charge in [-0.05, 0) is 61.6 Å². The summed E-state index contributed by atoms with van der Waals surface area (Å²) in [5, 5.41) is 12.3. The van der Waals surface area contributed by atoms with Crippen molar-refractivity contribution in [2.45, 2.75) is 78.3 Å². The van der Waals surface area contributed by atoms with Gasteiger partial charge in [0, 0.05) is 11.3 Å². The molecule has 7 heteroatoms. The molecule has 4 nitrogen and oxygen atoms in total. The summed E-state index contributed by atoms with van der Waals surface area (Å²) in [4.78, 5) is 4.26. The Morgan fingerprint density at radius 3 is 2.54 bits per heavy atom. The Kier molecular flexibility index (Phi) is 10.9. The van der Waals surface area contributed by atoms with E-state index in [1.807, 2.05) is 19.1 Å². The van der Waals surface area contributed by atoms with Crippen LogP contribution in [0.1, 0.15) is 76.3 Å². The van der Waals surface area contributed by atoms with E-state index in [1.54, 1.807) is 12.1 Å². The molecule has 0 bridgehead atoms. The van der Waals surface area contributed by atoms with Crippen molar-refractivity contribution in [3.05, 3.63) is 65.9 Å². The highest BCUT2D eigenvalue weighted by Crippen LogP contribution is 2.38. The van der Waals surface area contributed by atoms with Crippen LogP contribution in [0.25, 0.3) is 11.5 Å². The second-order valence-corrected chi connectivity index (χ2v) is 9.27. The lowest BCUT2D eigenvalue weighted by Gasteiger charge is -2.30. The van der Waals surface area contributed by atoms with Crippen LogP contribution in [0.2, 0.25) is 0 Å². The van der Waals surface area contributed by atoms with E-state index in [2.05, 4.69) is 37.3 Å². The summed E-state index contributed by atoms with van der Waals surface area (Å²) >= 11 is 0. The highest BCUT2D eigenvalue weighted by atomic mass is 19.4. The highest BCUT2D eigenvalue weighted by molar-refractivity contribution is 5.55. The van der Waals surface area contributed by atoms with Crippen LogP contribution in [0, 0.1) is 11.8 Å². The molecule has 1 aliphatic rings. The fourth-order valence-corrected chi connectivity index (χ4v) is 4.36. The Bertz CT molecular complexity index is 965. The van der Waals surface area contributed by atoms with Gasteiger partial charge in [0.05, 0.1) is 12.2 Å². The lowest BCUT2D eigenvalue weighted by atomic mass is 9.78. The Hall–Kier alpha value is -2.70. The Morgan fingerprint density at radius 2 is 1.91 bits per heavy atom. The Balaban J connectivity index is 0.00000137. The fourth-order valence-electron chi connectivity index (χ4n) is 4.36. The van der Waals surface area contributed by atoms with E-state index in [0.29, 0.717) is 12.0 Å². The maximum absolute atomic E-state index is 13.6. The molecule has 1 aromatic heterocycles. The third-order valence-corrected chi connectivity index (χ3v) is 6.12. The molecule has 0 saturated heterocycles. The molecule has 1 heterocycles. The van der Waals surface area contributed by atoms with Gasteiger partial charge >= 0.3 is 6.18 Å². The molecule has 0 aliphatic heterocycles. The number of aryl methyl sites for hydroxylation is 2. The van der Waals surface area contributed by atoms with E-state index in [4.69, 9.17) is 4.42 Å². The number of allylic oxidation sites excluding steroid dienone is 1. The second-order valence-electron chi connectivity index (χ2n) is 9.27. The SMILES string of the molecule is C=C(O)CNC(=C)C1CCCC(CCc2nc(-c3cccc(CC)c3)oc2C(F)(F)F)C1.CCC. The maximum atomic E-state index is 13.6. The smallest absolute Gasteiger partial charge is 0.451 e. The molecule has 2 N–H and O–H groups in total. The molecule has 0 radical (unpaired) electrons. The summed E-state index contributed by atoms with van der Waals surface area (Å²) in [6, 6.07) is 7.28. The van der Waals surface area contributed by atoms with E-state index < -0.39 is 11.9 Å². The van der Waals surface area contributed by atoms with Gasteiger partial charge in [-0.15, -0.1) is 0 Å². The normalized spacial score (nSPS) is 17.9. The van der Waals surface area contributed by atoms with E-state index in [9.17, 15) is 18.3 Å². The lowest BCUT2D eigenvalue weighted by Crippen LogP contribution is -2.26. The van der Waals surface area contributed by atoms with Crippen molar-refractivity contribution < 1.29 is 22.7 Å². The molecule has 2 unspecified atom stereocenters. The van der Waals surface area contributed by atoms with Crippen LogP contribution in [-0.2, 0) is 19.0 Å². The fraction of sp³-hybridized carbons (Fsp3) is 0.536. The molecule has 0 spiro atoms. The first-order valence-electron chi connectivity index (χ1n) is 12.5. The van der Waals surface area contributed by atoms with Crippen LogP contribution in [-0.4, -0.2) is 16.6 Å². The predicted octanol–water partition coefficient (Wildman–Crippen LogP) is 8.25. The number of hydrogen-bond acceptors (Lipinski definition) is 4. The second kappa shape index (κ2) is 13.4. The number of aliphatic hydroxyl groups excluding tert-OH is 1. The number of alkyl halides is 3. The van der Waals surface area contributed by atoms with Crippen molar-refractivity contribution in [2.75, 3.05) is 6.54 Å². The molecule has 1 saturated carbocycles. The van der Waals surface area contributed by atoms with Crippen LogP contribution < -0.4 is 5.32 Å². The minimum absolute atomic E-state index is 0.0194. The first kappa shape index (κ1) is 28.5. The van der Waals surface area contributed by atoms with Gasteiger partial charge in [0.15, 0.2) is 0 Å². The quantitative estimate of drug-likeness (QED) is 0.346. The van der Waals surface area contributed by atoms with Crippen LogP contribution in [0.15, 0.2) is 53.3 Å². The third-order valence-electron chi connectivity index (χ3n) is 6.12. The van der Waals surface area contributed by atoms with Crippen LogP contribution in [0.3, 0.4) is 0 Å². The minimum Gasteiger partial charge on any atom is -0.511 e. The zero-order chi connectivity index (χ0) is 26.0. The van der Waals surface area contributed by atoms with Crippen LogP contribution >= 0.6 is 0 Å². The van der Waals surface area contributed by atoms with Crippen molar-refractivity contribution in [1.82, 2.24) is 10.3 Å². The van der Waals surface area contributed by atoms with E-state index in [-0.39, 0.29) is 42.1 Å². The summed E-state index contributed by atoms with van der Waals surface area (Å²) in [6.45, 7) is 14.0. The molecule has 3 rings (SSSR count). The van der Waals surface area contributed by atoms with Gasteiger partial charge in [0.2, 0.25) is 11.7 Å². The van der Waals surface area contributed by atoms with Crippen molar-refractivity contribution in [1.29, 1.82) is 0 Å². The molecule has 1 aliphatic carbocycles. The zero-order valence-electron chi connectivity index (χ0n) is 21.2. The highest BCUT2D eigenvalue weighted by Gasteiger charge is 2.39. The van der Waals surface area contributed by atoms with Gasteiger partial charge < -0.3 is 14.8 Å². The van der Waals surface area contributed by atoms with Crippen LogP contribution in [0.5, 0.6) is 0 Å². The molecular formula is C28H39F3N2O2. The van der Waals surface area contributed by atoms with Gasteiger partial charge in [0.25, 0.3) is 0 Å². The summed E-state index contributed by atoms with van der Waals surface area (Å²) < 4.78 is 46.1. The number of hydrogen-bond donors (Lipinski definition) is 2. The number of oxazole rings is 1. The van der Waals surface area contributed by atoms with E-state index >= 15 is 0 Å². The van der Waals surface area contributed by atoms with Crippen LogP contribution in [0.4, 0.5) is 13.2 Å². The Labute approximate surface area is 207 Å². The number of rotatable bonds is 9. The first-order valence-corrected chi connectivity index (χ1v) is 12.5. The van der Waals surface area contributed by atoms with Crippen molar-refractivity contribution in [3.63, 3.8) is 0 Å². The first-order chi connectivity index (χ1) is 16.6.